The van der Waals surface area contributed by atoms with E-state index < -0.39 is 0 Å². The van der Waals surface area contributed by atoms with Gasteiger partial charge in [0.2, 0.25) is 0 Å². The summed E-state index contributed by atoms with van der Waals surface area (Å²) in [7, 11) is 0. The van der Waals surface area contributed by atoms with Crippen molar-refractivity contribution in [1.82, 2.24) is 0 Å². The van der Waals surface area contributed by atoms with E-state index in [0.29, 0.717) is 32.5 Å². The van der Waals surface area contributed by atoms with Crippen LogP contribution in [0.3, 0.4) is 0 Å². The molecular weight excluding hydrogens is 371 g/mol. The molecule has 4 nitrogen and oxygen atoms in total. The number of hydrogen-bond acceptors (Lipinski definition) is 2. The minimum absolute atomic E-state index is 0.327. The van der Waals surface area contributed by atoms with Crippen LogP contribution < -0.4 is 10.6 Å². The Labute approximate surface area is 160 Å². The molecule has 0 saturated heterocycles. The van der Waals surface area contributed by atoms with Crippen LogP contribution in [0, 0.1) is 0 Å². The van der Waals surface area contributed by atoms with Crippen molar-refractivity contribution in [2.45, 2.75) is 0 Å². The lowest BCUT2D eigenvalue weighted by Crippen LogP contribution is -2.15. The maximum absolute atomic E-state index is 12.4. The van der Waals surface area contributed by atoms with E-state index in [1.165, 1.54) is 0 Å². The summed E-state index contributed by atoms with van der Waals surface area (Å²) in [6.07, 6.45) is 0. The van der Waals surface area contributed by atoms with Crippen LogP contribution >= 0.6 is 23.2 Å². The molecule has 0 atom stereocenters. The van der Waals surface area contributed by atoms with Gasteiger partial charge < -0.3 is 10.6 Å². The van der Waals surface area contributed by atoms with E-state index in [0.717, 1.165) is 0 Å². The van der Waals surface area contributed by atoms with Gasteiger partial charge in [-0.1, -0.05) is 53.5 Å². The molecule has 0 bridgehead atoms. The fraction of sp³-hybridized carbons (Fsp3) is 0. The molecule has 26 heavy (non-hydrogen) atoms. The van der Waals surface area contributed by atoms with E-state index in [4.69, 9.17) is 23.2 Å². The molecule has 0 aliphatic heterocycles. The van der Waals surface area contributed by atoms with Crippen molar-refractivity contribution in [3.05, 3.63) is 94.0 Å². The van der Waals surface area contributed by atoms with Crippen LogP contribution in [-0.4, -0.2) is 11.8 Å². The monoisotopic (exact) mass is 384 g/mol. The van der Waals surface area contributed by atoms with Crippen LogP contribution in [0.5, 0.6) is 0 Å². The molecule has 6 heteroatoms. The van der Waals surface area contributed by atoms with Gasteiger partial charge in [-0.25, -0.2) is 0 Å². The average Bonchev–Trinajstić information content (AvgIpc) is 2.64. The topological polar surface area (TPSA) is 58.2 Å². The van der Waals surface area contributed by atoms with E-state index in [-0.39, 0.29) is 11.8 Å². The first-order chi connectivity index (χ1) is 12.5. The van der Waals surface area contributed by atoms with Gasteiger partial charge in [-0.2, -0.15) is 0 Å². The number of benzene rings is 3. The highest BCUT2D eigenvalue weighted by molar-refractivity contribution is 6.34. The predicted octanol–water partition coefficient (Wildman–Crippen LogP) is 5.50. The number of carbonyl (C=O) groups excluding carboxylic acids is 2. The van der Waals surface area contributed by atoms with Crippen LogP contribution in [0.15, 0.2) is 72.8 Å². The van der Waals surface area contributed by atoms with Gasteiger partial charge in [0.1, 0.15) is 0 Å². The number of anilines is 2. The molecule has 0 spiro atoms. The lowest BCUT2D eigenvalue weighted by molar-refractivity contribution is 0.101. The Hall–Kier alpha value is -2.82. The largest absolute Gasteiger partial charge is 0.322 e. The maximum Gasteiger partial charge on any atom is 0.257 e. The van der Waals surface area contributed by atoms with Crippen LogP contribution in [0.25, 0.3) is 0 Å². The molecule has 0 saturated carbocycles. The Balaban J connectivity index is 1.76. The zero-order chi connectivity index (χ0) is 18.5. The van der Waals surface area contributed by atoms with Crippen molar-refractivity contribution in [2.75, 3.05) is 10.6 Å². The van der Waals surface area contributed by atoms with Gasteiger partial charge in [-0.05, 0) is 42.5 Å². The summed E-state index contributed by atoms with van der Waals surface area (Å²) >= 11 is 12.1. The van der Waals surface area contributed by atoms with Gasteiger partial charge in [0.25, 0.3) is 11.8 Å². The van der Waals surface area contributed by atoms with Gasteiger partial charge in [0, 0.05) is 11.3 Å². The van der Waals surface area contributed by atoms with Crippen molar-refractivity contribution < 1.29 is 9.59 Å². The van der Waals surface area contributed by atoms with Crippen LogP contribution in [0.4, 0.5) is 11.4 Å². The highest BCUT2D eigenvalue weighted by Gasteiger charge is 2.12. The third kappa shape index (κ3) is 4.23. The normalized spacial score (nSPS) is 10.2. The molecule has 0 aliphatic rings. The summed E-state index contributed by atoms with van der Waals surface area (Å²) < 4.78 is 0. The van der Waals surface area contributed by atoms with Gasteiger partial charge in [0.05, 0.1) is 21.3 Å². The summed E-state index contributed by atoms with van der Waals surface area (Å²) in [5.74, 6) is -0.675. The third-order valence-electron chi connectivity index (χ3n) is 3.62. The molecule has 3 aromatic carbocycles. The lowest BCUT2D eigenvalue weighted by Gasteiger charge is -2.10. The summed E-state index contributed by atoms with van der Waals surface area (Å²) in [5.41, 5.74) is 1.76. The SMILES string of the molecule is O=C(Nc1ccccc1Cl)c1cccc(NC(=O)c2ccccc2Cl)c1. The van der Waals surface area contributed by atoms with Gasteiger partial charge in [-0.15, -0.1) is 0 Å². The van der Waals surface area contributed by atoms with E-state index in [9.17, 15) is 9.59 Å². The Morgan fingerprint density at radius 2 is 1.38 bits per heavy atom. The second-order valence-electron chi connectivity index (χ2n) is 5.45. The number of hydrogen-bond donors (Lipinski definition) is 2. The molecular formula is C20H14Cl2N2O2. The highest BCUT2D eigenvalue weighted by Crippen LogP contribution is 2.22. The first-order valence-corrected chi connectivity index (χ1v) is 8.52. The van der Waals surface area contributed by atoms with Crippen LogP contribution in [-0.2, 0) is 0 Å². The number of halogens is 2. The highest BCUT2D eigenvalue weighted by atomic mass is 35.5. The Morgan fingerprint density at radius 3 is 2.12 bits per heavy atom. The molecule has 2 N–H and O–H groups in total. The first kappa shape index (κ1) is 18.0. The predicted molar refractivity (Wildman–Crippen MR) is 105 cm³/mol. The number of carbonyl (C=O) groups is 2. The Kier molecular flexibility index (Phi) is 5.56. The summed E-state index contributed by atoms with van der Waals surface area (Å²) in [6, 6.07) is 20.3. The van der Waals surface area contributed by atoms with Crippen molar-refractivity contribution >= 4 is 46.4 Å². The van der Waals surface area contributed by atoms with E-state index in [1.807, 2.05) is 0 Å². The molecule has 0 radical (unpaired) electrons. The van der Waals surface area contributed by atoms with Crippen molar-refractivity contribution in [1.29, 1.82) is 0 Å². The number of amides is 2. The van der Waals surface area contributed by atoms with Crippen molar-refractivity contribution in [3.8, 4) is 0 Å². The Morgan fingerprint density at radius 1 is 0.692 bits per heavy atom. The molecule has 0 heterocycles. The molecule has 0 unspecified atom stereocenters. The zero-order valence-electron chi connectivity index (χ0n) is 13.5. The third-order valence-corrected chi connectivity index (χ3v) is 4.28. The fourth-order valence-electron chi connectivity index (χ4n) is 2.34. The van der Waals surface area contributed by atoms with E-state index in [1.54, 1.807) is 72.8 Å². The number of rotatable bonds is 4. The number of para-hydroxylation sites is 1. The number of nitrogens with one attached hydrogen (secondary N) is 2. The standard InChI is InChI=1S/C20H14Cl2N2O2/c21-16-9-2-1-8-15(16)20(26)23-14-7-5-6-13(12-14)19(25)24-18-11-4-3-10-17(18)22/h1-12H,(H,23,26)(H,24,25). The van der Waals surface area contributed by atoms with E-state index in [2.05, 4.69) is 10.6 Å². The Bertz CT molecular complexity index is 973. The maximum atomic E-state index is 12.4. The van der Waals surface area contributed by atoms with E-state index >= 15 is 0 Å². The molecule has 3 rings (SSSR count). The smallest absolute Gasteiger partial charge is 0.257 e. The van der Waals surface area contributed by atoms with Crippen LogP contribution in [0.1, 0.15) is 20.7 Å². The van der Waals surface area contributed by atoms with Gasteiger partial charge in [-0.3, -0.25) is 9.59 Å². The quantitative estimate of drug-likeness (QED) is 0.623. The minimum atomic E-state index is -0.348. The second-order valence-corrected chi connectivity index (χ2v) is 6.26. The van der Waals surface area contributed by atoms with Crippen molar-refractivity contribution in [3.63, 3.8) is 0 Å². The average molecular weight is 385 g/mol. The summed E-state index contributed by atoms with van der Waals surface area (Å²) in [4.78, 5) is 24.8. The molecule has 0 aliphatic carbocycles. The second kappa shape index (κ2) is 8.04. The minimum Gasteiger partial charge on any atom is -0.322 e. The molecule has 0 aromatic heterocycles. The lowest BCUT2D eigenvalue weighted by atomic mass is 10.1. The molecule has 2 amide bonds. The fourth-order valence-corrected chi connectivity index (χ4v) is 2.74. The summed E-state index contributed by atoms with van der Waals surface area (Å²) in [5, 5.41) is 6.29. The summed E-state index contributed by atoms with van der Waals surface area (Å²) in [6.45, 7) is 0. The van der Waals surface area contributed by atoms with Gasteiger partial charge in [0.15, 0.2) is 0 Å². The molecule has 3 aromatic rings. The van der Waals surface area contributed by atoms with Gasteiger partial charge >= 0.3 is 0 Å². The molecule has 130 valence electrons. The zero-order valence-corrected chi connectivity index (χ0v) is 15.0. The van der Waals surface area contributed by atoms with Crippen LogP contribution in [0.2, 0.25) is 10.0 Å². The first-order valence-electron chi connectivity index (χ1n) is 7.76. The van der Waals surface area contributed by atoms with Crippen molar-refractivity contribution in [2.24, 2.45) is 0 Å². The molecule has 0 fully saturated rings.